The first-order valence-corrected chi connectivity index (χ1v) is 8.82. The molecule has 0 spiro atoms. The van der Waals surface area contributed by atoms with Gasteiger partial charge in [0.25, 0.3) is 0 Å². The summed E-state index contributed by atoms with van der Waals surface area (Å²) in [6.07, 6.45) is 20.1. The van der Waals surface area contributed by atoms with Gasteiger partial charge in [0.2, 0.25) is 0 Å². The minimum absolute atomic E-state index is 0.967. The van der Waals surface area contributed by atoms with E-state index in [0.29, 0.717) is 0 Å². The zero-order chi connectivity index (χ0) is 21.1. The molecule has 0 unspecified atom stereocenters. The summed E-state index contributed by atoms with van der Waals surface area (Å²) < 4.78 is 5.20. The highest BCUT2D eigenvalue weighted by Crippen LogP contribution is 2.22. The Morgan fingerprint density at radius 1 is 1.04 bits per heavy atom. The Bertz CT molecular complexity index is 625. The Morgan fingerprint density at radius 2 is 1.67 bits per heavy atom. The summed E-state index contributed by atoms with van der Waals surface area (Å²) in [7, 11) is 3.87. The maximum Gasteiger partial charge on any atom is 0.119 e. The molecule has 0 radical (unpaired) electrons. The van der Waals surface area contributed by atoms with Crippen molar-refractivity contribution in [2.24, 2.45) is 0 Å². The number of methoxy groups -OCH3 is 1. The molecule has 1 aliphatic heterocycles. The molecule has 0 N–H and O–H groups in total. The van der Waals surface area contributed by atoms with E-state index in [9.17, 15) is 0 Å². The van der Waals surface area contributed by atoms with Crippen LogP contribution >= 0.6 is 0 Å². The molecule has 27 heavy (non-hydrogen) atoms. The van der Waals surface area contributed by atoms with E-state index in [0.717, 1.165) is 18.7 Å². The number of nitrogens with zero attached hydrogens (tertiary/aromatic N) is 1. The van der Waals surface area contributed by atoms with Crippen LogP contribution in [0.4, 0.5) is 0 Å². The normalized spacial score (nSPS) is 11.6. The lowest BCUT2D eigenvalue weighted by atomic mass is 10.00. The average molecular weight is 366 g/mol. The molecule has 1 heterocycles. The third-order valence-electron chi connectivity index (χ3n) is 3.46. The van der Waals surface area contributed by atoms with Crippen LogP contribution in [0.5, 0.6) is 5.75 Å². The van der Waals surface area contributed by atoms with E-state index in [4.69, 9.17) is 4.74 Å². The van der Waals surface area contributed by atoms with Gasteiger partial charge in [-0.05, 0) is 50.6 Å². The van der Waals surface area contributed by atoms with Crippen molar-refractivity contribution in [3.8, 4) is 18.6 Å². The van der Waals surface area contributed by atoms with Gasteiger partial charge in [0.05, 0.1) is 7.11 Å². The van der Waals surface area contributed by atoms with E-state index in [2.05, 4.69) is 70.5 Å². The molecule has 146 valence electrons. The topological polar surface area (TPSA) is 12.5 Å². The number of fused-ring (bicyclic) bond motifs is 1. The van der Waals surface area contributed by atoms with Crippen LogP contribution in [0.25, 0.3) is 0 Å². The van der Waals surface area contributed by atoms with E-state index >= 15 is 0 Å². The van der Waals surface area contributed by atoms with Gasteiger partial charge in [0.15, 0.2) is 0 Å². The minimum Gasteiger partial charge on any atom is -0.497 e. The van der Waals surface area contributed by atoms with Gasteiger partial charge in [-0.3, -0.25) is 0 Å². The van der Waals surface area contributed by atoms with E-state index in [1.807, 2.05) is 24.3 Å². The van der Waals surface area contributed by atoms with Crippen molar-refractivity contribution in [2.45, 2.75) is 26.8 Å². The van der Waals surface area contributed by atoms with Crippen LogP contribution in [0.2, 0.25) is 0 Å². The summed E-state index contributed by atoms with van der Waals surface area (Å²) in [6.45, 7) is 16.6. The molecule has 2 nitrogen and oxygen atoms in total. The van der Waals surface area contributed by atoms with Crippen molar-refractivity contribution in [3.05, 3.63) is 91.1 Å². The van der Waals surface area contributed by atoms with E-state index < -0.39 is 0 Å². The van der Waals surface area contributed by atoms with Gasteiger partial charge in [-0.2, -0.15) is 0 Å². The molecule has 0 fully saturated rings. The molecule has 0 bridgehead atoms. The smallest absolute Gasteiger partial charge is 0.119 e. The first kappa shape index (κ1) is 26.5. The Morgan fingerprint density at radius 3 is 2.15 bits per heavy atom. The molecule has 1 aromatic rings. The molecule has 0 amide bonds. The molecule has 2 rings (SSSR count). The maximum absolute atomic E-state index is 5.20. The Balaban J connectivity index is 0. The molecular weight excluding hydrogens is 330 g/mol. The second-order valence-electron chi connectivity index (χ2n) is 5.96. The monoisotopic (exact) mass is 365 g/mol. The average Bonchev–Trinajstić information content (AvgIpc) is 2.69. The first-order valence-electron chi connectivity index (χ1n) is 8.82. The lowest BCUT2D eigenvalue weighted by Crippen LogP contribution is -2.26. The van der Waals surface area contributed by atoms with Crippen molar-refractivity contribution in [2.75, 3.05) is 20.7 Å². The first-order chi connectivity index (χ1) is 13.0. The van der Waals surface area contributed by atoms with Crippen molar-refractivity contribution >= 4 is 0 Å². The lowest BCUT2D eigenvalue weighted by Gasteiger charge is -2.25. The van der Waals surface area contributed by atoms with Crippen molar-refractivity contribution < 1.29 is 4.74 Å². The minimum atomic E-state index is 0.967. The van der Waals surface area contributed by atoms with Crippen molar-refractivity contribution in [1.82, 2.24) is 4.90 Å². The van der Waals surface area contributed by atoms with Gasteiger partial charge in [0, 0.05) is 13.1 Å². The van der Waals surface area contributed by atoms with Gasteiger partial charge in [-0.15, -0.1) is 12.8 Å². The van der Waals surface area contributed by atoms with Gasteiger partial charge >= 0.3 is 0 Å². The number of allylic oxidation sites excluding steroid dienone is 7. The summed E-state index contributed by atoms with van der Waals surface area (Å²) in [5.74, 6) is 0.967. The fraction of sp³-hybridized carbons (Fsp3) is 0.280. The van der Waals surface area contributed by atoms with Crippen LogP contribution in [0.15, 0.2) is 80.0 Å². The zero-order valence-corrected chi connectivity index (χ0v) is 17.4. The molecule has 1 aromatic carbocycles. The second-order valence-corrected chi connectivity index (χ2v) is 5.96. The van der Waals surface area contributed by atoms with Crippen LogP contribution in [0, 0.1) is 12.8 Å². The van der Waals surface area contributed by atoms with Crippen LogP contribution in [0.3, 0.4) is 0 Å². The summed E-state index contributed by atoms with van der Waals surface area (Å²) >= 11 is 0. The standard InChI is InChI=1S/C11H15NO.C8H12.C4H6.C2H2/c1-12-6-5-9-3-4-11(13-2)7-10(9)8-12;1-4-5-6-7-8(2)3;1-3-4-2;1-2/h3-4,7H,5-6,8H2,1-2H3;4-7H,1H2,2-3H3;3-4H,1-2H2;1-2H/b;6-5-;;. The van der Waals surface area contributed by atoms with Gasteiger partial charge in [0.1, 0.15) is 5.75 Å². The highest BCUT2D eigenvalue weighted by molar-refractivity contribution is 5.36. The molecular formula is C25H35NO. The molecule has 1 aliphatic rings. The molecule has 0 aliphatic carbocycles. The zero-order valence-electron chi connectivity index (χ0n) is 17.4. The third-order valence-corrected chi connectivity index (χ3v) is 3.46. The SMILES string of the molecule is C#C.C=C/C=C\C=C(C)C.C=CC=C.COc1ccc2c(c1)CN(C)CC2. The molecule has 0 saturated heterocycles. The van der Waals surface area contributed by atoms with Crippen molar-refractivity contribution in [1.29, 1.82) is 0 Å². The van der Waals surface area contributed by atoms with Gasteiger partial charge < -0.3 is 9.64 Å². The highest BCUT2D eigenvalue weighted by Gasteiger charge is 2.12. The lowest BCUT2D eigenvalue weighted by molar-refractivity contribution is 0.311. The number of benzene rings is 1. The fourth-order valence-corrected chi connectivity index (χ4v) is 2.13. The predicted octanol–water partition coefficient (Wildman–Crippen LogP) is 5.99. The number of hydrogen-bond acceptors (Lipinski definition) is 2. The number of rotatable bonds is 4. The Labute approximate surface area is 167 Å². The molecule has 0 saturated carbocycles. The second kappa shape index (κ2) is 18.0. The summed E-state index contributed by atoms with van der Waals surface area (Å²) in [6, 6.07) is 6.37. The van der Waals surface area contributed by atoms with E-state index in [1.54, 1.807) is 25.3 Å². The third kappa shape index (κ3) is 14.1. The Hall–Kier alpha value is -2.76. The highest BCUT2D eigenvalue weighted by atomic mass is 16.5. The quantitative estimate of drug-likeness (QED) is 0.480. The molecule has 0 atom stereocenters. The van der Waals surface area contributed by atoms with Crippen LogP contribution in [0.1, 0.15) is 25.0 Å². The maximum atomic E-state index is 5.20. The van der Waals surface area contributed by atoms with Gasteiger partial charge in [-0.25, -0.2) is 0 Å². The number of likely N-dealkylation sites (N-methyl/N-ethyl adjacent to an activating group) is 1. The Kier molecular flexibility index (Phi) is 17.7. The number of hydrogen-bond donors (Lipinski definition) is 0. The van der Waals surface area contributed by atoms with E-state index in [1.165, 1.54) is 23.2 Å². The van der Waals surface area contributed by atoms with Crippen molar-refractivity contribution in [3.63, 3.8) is 0 Å². The predicted molar refractivity (Wildman–Crippen MR) is 122 cm³/mol. The summed E-state index contributed by atoms with van der Waals surface area (Å²) in [5, 5.41) is 0. The number of terminal acetylenes is 1. The van der Waals surface area contributed by atoms with Gasteiger partial charge in [-0.1, -0.05) is 67.8 Å². The summed E-state index contributed by atoms with van der Waals surface area (Å²) in [4.78, 5) is 2.34. The van der Waals surface area contributed by atoms with Crippen LogP contribution < -0.4 is 4.74 Å². The largest absolute Gasteiger partial charge is 0.497 e. The number of ether oxygens (including phenoxy) is 1. The van der Waals surface area contributed by atoms with E-state index in [-0.39, 0.29) is 0 Å². The van der Waals surface area contributed by atoms with Crippen LogP contribution in [-0.2, 0) is 13.0 Å². The molecule has 0 aromatic heterocycles. The summed E-state index contributed by atoms with van der Waals surface area (Å²) in [5.41, 5.74) is 4.19. The molecule has 2 heteroatoms. The van der Waals surface area contributed by atoms with Crippen LogP contribution in [-0.4, -0.2) is 25.6 Å². The fourth-order valence-electron chi connectivity index (χ4n) is 2.13.